The minimum absolute atomic E-state index is 0.0126. The van der Waals surface area contributed by atoms with E-state index in [-0.39, 0.29) is 24.1 Å². The Kier molecular flexibility index (Phi) is 8.69. The Hall–Kier alpha value is -3.67. The molecule has 228 valence electrons. The molecule has 0 aliphatic carbocycles. The molecule has 1 aliphatic heterocycles. The predicted molar refractivity (Wildman–Crippen MR) is 171 cm³/mol. The van der Waals surface area contributed by atoms with E-state index in [2.05, 4.69) is 5.32 Å². The summed E-state index contributed by atoms with van der Waals surface area (Å²) >= 11 is 0. The molecule has 1 saturated heterocycles. The molecule has 0 bridgehead atoms. The van der Waals surface area contributed by atoms with Crippen LogP contribution in [0.2, 0.25) is 0 Å². The second-order valence-corrected chi connectivity index (χ2v) is 15.2. The van der Waals surface area contributed by atoms with Crippen LogP contribution in [0.3, 0.4) is 0 Å². The third-order valence-electron chi connectivity index (χ3n) is 8.15. The van der Waals surface area contributed by atoms with Crippen molar-refractivity contribution in [2.24, 2.45) is 0 Å². The van der Waals surface area contributed by atoms with Crippen LogP contribution in [-0.4, -0.2) is 66.2 Å². The van der Waals surface area contributed by atoms with Crippen molar-refractivity contribution in [3.63, 3.8) is 0 Å². The zero-order valence-electron chi connectivity index (χ0n) is 24.8. The van der Waals surface area contributed by atoms with E-state index < -0.39 is 20.0 Å². The van der Waals surface area contributed by atoms with Gasteiger partial charge in [-0.2, -0.15) is 0 Å². The molecule has 1 fully saturated rings. The molecule has 0 spiro atoms. The first-order valence-electron chi connectivity index (χ1n) is 14.2. The minimum atomic E-state index is -3.67. The summed E-state index contributed by atoms with van der Waals surface area (Å²) in [5.74, 6) is -0.257. The first-order valence-corrected chi connectivity index (χ1v) is 17.7. The summed E-state index contributed by atoms with van der Waals surface area (Å²) in [4.78, 5) is 13.2. The van der Waals surface area contributed by atoms with Gasteiger partial charge >= 0.3 is 0 Å². The molecule has 0 saturated carbocycles. The first-order chi connectivity index (χ1) is 20.4. The first kappa shape index (κ1) is 30.8. The molecule has 0 unspecified atom stereocenters. The molecule has 0 radical (unpaired) electrons. The number of anilines is 1. The lowest BCUT2D eigenvalue weighted by Crippen LogP contribution is -2.41. The van der Waals surface area contributed by atoms with Gasteiger partial charge in [0.15, 0.2) is 0 Å². The van der Waals surface area contributed by atoms with Gasteiger partial charge in [0, 0.05) is 44.2 Å². The molecular formula is C32H37N3O6S2. The van der Waals surface area contributed by atoms with E-state index in [4.69, 9.17) is 4.42 Å². The molecule has 43 heavy (non-hydrogen) atoms. The molecule has 3 aromatic carbocycles. The summed E-state index contributed by atoms with van der Waals surface area (Å²) in [6.45, 7) is 2.59. The summed E-state index contributed by atoms with van der Waals surface area (Å²) in [5.41, 5.74) is 4.50. The van der Waals surface area contributed by atoms with E-state index in [1.54, 1.807) is 13.1 Å². The molecule has 1 N–H and O–H groups in total. The van der Waals surface area contributed by atoms with Crippen LogP contribution in [-0.2, 0) is 26.5 Å². The van der Waals surface area contributed by atoms with Crippen molar-refractivity contribution in [2.75, 3.05) is 43.5 Å². The molecular weight excluding hydrogens is 587 g/mol. The predicted octanol–water partition coefficient (Wildman–Crippen LogP) is 4.92. The number of fused-ring (bicyclic) bond motifs is 1. The van der Waals surface area contributed by atoms with Gasteiger partial charge in [-0.1, -0.05) is 60.2 Å². The third kappa shape index (κ3) is 6.48. The largest absolute Gasteiger partial charge is 0.455 e. The zero-order chi connectivity index (χ0) is 30.9. The van der Waals surface area contributed by atoms with Crippen LogP contribution in [0.5, 0.6) is 0 Å². The maximum Gasteiger partial charge on any atom is 0.255 e. The molecule has 9 nitrogen and oxygen atoms in total. The van der Waals surface area contributed by atoms with Gasteiger partial charge in [-0.05, 0) is 49.3 Å². The molecule has 2 heterocycles. The lowest BCUT2D eigenvalue weighted by atomic mass is 9.89. The highest BCUT2D eigenvalue weighted by molar-refractivity contribution is 7.92. The Bertz CT molecular complexity index is 1850. The van der Waals surface area contributed by atoms with Crippen LogP contribution >= 0.6 is 0 Å². The molecule has 1 amide bonds. The standard InChI is InChI=1S/C32H37N3O6S2/c1-22-12-14-24(15-13-22)31-30(32(36)33-2)27-19-26(28(20-29(27)41-31)34(3)42(4,37)38)25-11-8-17-35(21-25)43(39,40)18-16-23-9-6-5-7-10-23/h5-7,9-10,12-15,19-20,25H,8,11,16-18,21H2,1-4H3,(H,33,36)/t25-/m0/s1. The van der Waals surface area contributed by atoms with Crippen molar-refractivity contribution in [1.82, 2.24) is 9.62 Å². The van der Waals surface area contributed by atoms with Crippen molar-refractivity contribution >= 4 is 42.6 Å². The number of hydrogen-bond donors (Lipinski definition) is 1. The molecule has 1 atom stereocenters. The number of amides is 1. The summed E-state index contributed by atoms with van der Waals surface area (Å²) in [6.07, 6.45) is 2.82. The van der Waals surface area contributed by atoms with Crippen LogP contribution in [0.25, 0.3) is 22.3 Å². The lowest BCUT2D eigenvalue weighted by Gasteiger charge is -2.34. The van der Waals surface area contributed by atoms with Gasteiger partial charge in [-0.25, -0.2) is 21.1 Å². The molecule has 11 heteroatoms. The minimum Gasteiger partial charge on any atom is -0.455 e. The maximum absolute atomic E-state index is 13.4. The van der Waals surface area contributed by atoms with Crippen molar-refractivity contribution in [3.8, 4) is 11.3 Å². The number of carbonyl (C=O) groups excluding carboxylic acids is 1. The normalized spacial score (nSPS) is 16.3. The fourth-order valence-corrected chi connectivity index (χ4v) is 7.74. The number of sulfonamides is 2. The van der Waals surface area contributed by atoms with Crippen molar-refractivity contribution in [1.29, 1.82) is 0 Å². The summed E-state index contributed by atoms with van der Waals surface area (Å²) in [5, 5.41) is 3.24. The van der Waals surface area contributed by atoms with Crippen molar-refractivity contribution < 1.29 is 26.0 Å². The average molecular weight is 624 g/mol. The highest BCUT2D eigenvalue weighted by Crippen LogP contribution is 2.42. The van der Waals surface area contributed by atoms with Gasteiger partial charge in [-0.3, -0.25) is 9.10 Å². The molecule has 1 aliphatic rings. The topological polar surface area (TPSA) is 117 Å². The fourth-order valence-electron chi connectivity index (χ4n) is 5.66. The SMILES string of the molecule is CNC(=O)c1c(-c2ccc(C)cc2)oc2cc(N(C)S(C)(=O)=O)c([C@H]3CCCN(S(=O)(=O)CCc4ccccc4)C3)cc12. The summed E-state index contributed by atoms with van der Waals surface area (Å²) in [6, 6.07) is 20.6. The van der Waals surface area contributed by atoms with Crippen LogP contribution in [0.4, 0.5) is 5.69 Å². The smallest absolute Gasteiger partial charge is 0.255 e. The second kappa shape index (κ2) is 12.1. The van der Waals surface area contributed by atoms with E-state index in [1.165, 1.54) is 15.7 Å². The van der Waals surface area contributed by atoms with Crippen LogP contribution in [0.1, 0.15) is 45.8 Å². The van der Waals surface area contributed by atoms with Gasteiger partial charge < -0.3 is 9.73 Å². The van der Waals surface area contributed by atoms with Gasteiger partial charge in [0.2, 0.25) is 20.0 Å². The summed E-state index contributed by atoms with van der Waals surface area (Å²) < 4.78 is 61.4. The third-order valence-corrected chi connectivity index (χ3v) is 11.2. The highest BCUT2D eigenvalue weighted by Gasteiger charge is 2.33. The molecule has 1 aromatic heterocycles. The monoisotopic (exact) mass is 623 g/mol. The van der Waals surface area contributed by atoms with Crippen molar-refractivity contribution in [3.05, 3.63) is 89.0 Å². The van der Waals surface area contributed by atoms with Crippen LogP contribution < -0.4 is 9.62 Å². The quantitative estimate of drug-likeness (QED) is 0.283. The second-order valence-electron chi connectivity index (χ2n) is 11.1. The Morgan fingerprint density at radius 2 is 1.74 bits per heavy atom. The van der Waals surface area contributed by atoms with Gasteiger partial charge in [0.25, 0.3) is 5.91 Å². The van der Waals surface area contributed by atoms with Gasteiger partial charge in [0.1, 0.15) is 11.3 Å². The number of rotatable bonds is 9. The number of piperidine rings is 1. The average Bonchev–Trinajstić information content (AvgIpc) is 3.37. The molecule has 5 rings (SSSR count). The number of furan rings is 1. The van der Waals surface area contributed by atoms with Gasteiger partial charge in [0.05, 0.1) is 23.3 Å². The fraction of sp³-hybridized carbons (Fsp3) is 0.344. The number of benzene rings is 3. The van der Waals surface area contributed by atoms with Crippen molar-refractivity contribution in [2.45, 2.75) is 32.1 Å². The van der Waals surface area contributed by atoms with E-state index in [1.807, 2.05) is 67.6 Å². The Labute approximate surface area is 253 Å². The summed E-state index contributed by atoms with van der Waals surface area (Å²) in [7, 11) is -4.22. The number of aryl methyl sites for hydroxylation is 2. The Morgan fingerprint density at radius 1 is 1.05 bits per heavy atom. The number of nitrogens with one attached hydrogen (secondary N) is 1. The van der Waals surface area contributed by atoms with E-state index in [0.717, 1.165) is 17.4 Å². The maximum atomic E-state index is 13.4. The van der Waals surface area contributed by atoms with E-state index in [0.29, 0.717) is 64.9 Å². The Morgan fingerprint density at radius 3 is 2.40 bits per heavy atom. The number of carbonyl (C=O) groups is 1. The number of hydrogen-bond acceptors (Lipinski definition) is 6. The van der Waals surface area contributed by atoms with Crippen LogP contribution in [0.15, 0.2) is 71.1 Å². The van der Waals surface area contributed by atoms with Crippen LogP contribution in [0, 0.1) is 6.92 Å². The highest BCUT2D eigenvalue weighted by atomic mass is 32.2. The van der Waals surface area contributed by atoms with Gasteiger partial charge in [-0.15, -0.1) is 0 Å². The van der Waals surface area contributed by atoms with E-state index >= 15 is 0 Å². The number of nitrogens with zero attached hydrogens (tertiary/aromatic N) is 2. The zero-order valence-corrected chi connectivity index (χ0v) is 26.5. The lowest BCUT2D eigenvalue weighted by molar-refractivity contribution is 0.0964. The molecule has 4 aromatic rings. The Balaban J connectivity index is 1.59. The van der Waals surface area contributed by atoms with E-state index in [9.17, 15) is 21.6 Å².